The average molecular weight is 286 g/mol. The minimum absolute atomic E-state index is 0.0172. The Bertz CT molecular complexity index is 303. The zero-order chi connectivity index (χ0) is 15.7. The van der Waals surface area contributed by atoms with E-state index in [1.807, 2.05) is 13.8 Å². The lowest BCUT2D eigenvalue weighted by Crippen LogP contribution is -2.42. The van der Waals surface area contributed by atoms with Crippen LogP contribution in [0.5, 0.6) is 0 Å². The predicted molar refractivity (Wildman–Crippen MR) is 80.1 cm³/mol. The molecular formula is C15H30N2O3. The van der Waals surface area contributed by atoms with Gasteiger partial charge in [0.25, 0.3) is 0 Å². The summed E-state index contributed by atoms with van der Waals surface area (Å²) in [6, 6.07) is -0.0237. The monoisotopic (exact) mass is 286 g/mol. The number of carbonyl (C=O) groups is 2. The van der Waals surface area contributed by atoms with Crippen molar-refractivity contribution in [2.75, 3.05) is 19.7 Å². The van der Waals surface area contributed by atoms with Crippen molar-refractivity contribution in [1.82, 2.24) is 4.90 Å². The first-order chi connectivity index (χ1) is 9.31. The first kappa shape index (κ1) is 18.9. The first-order valence-corrected chi connectivity index (χ1v) is 7.46. The Morgan fingerprint density at radius 1 is 1.20 bits per heavy atom. The summed E-state index contributed by atoms with van der Waals surface area (Å²) in [6.45, 7) is 10.6. The van der Waals surface area contributed by atoms with Crippen LogP contribution >= 0.6 is 0 Å². The van der Waals surface area contributed by atoms with Crippen molar-refractivity contribution in [2.45, 2.75) is 53.5 Å². The largest absolute Gasteiger partial charge is 0.465 e. The number of amides is 1. The molecule has 0 aromatic carbocycles. The van der Waals surface area contributed by atoms with Gasteiger partial charge in [-0.3, -0.25) is 9.59 Å². The molecule has 0 rings (SSSR count). The van der Waals surface area contributed by atoms with Crippen molar-refractivity contribution in [3.63, 3.8) is 0 Å². The normalized spacial score (nSPS) is 12.6. The molecule has 0 aliphatic rings. The summed E-state index contributed by atoms with van der Waals surface area (Å²) < 4.78 is 4.91. The maximum absolute atomic E-state index is 12.3. The summed E-state index contributed by atoms with van der Waals surface area (Å²) in [5.41, 5.74) is 5.73. The van der Waals surface area contributed by atoms with Gasteiger partial charge in [0.05, 0.1) is 6.61 Å². The van der Waals surface area contributed by atoms with Crippen LogP contribution in [0.25, 0.3) is 0 Å². The topological polar surface area (TPSA) is 72.6 Å². The standard InChI is InChI=1S/C15H30N2O3/c1-6-20-15(19)10-17(12(4)5)14(18)8-13(9-16)7-11(2)3/h11-13H,6-10,16H2,1-5H3/t13-/m0/s1. The number of nitrogens with two attached hydrogens (primary N) is 1. The van der Waals surface area contributed by atoms with Crippen LogP contribution in [0.15, 0.2) is 0 Å². The van der Waals surface area contributed by atoms with E-state index in [0.717, 1.165) is 6.42 Å². The quantitative estimate of drug-likeness (QED) is 0.656. The molecule has 0 unspecified atom stereocenters. The van der Waals surface area contributed by atoms with Gasteiger partial charge in [-0.1, -0.05) is 13.8 Å². The van der Waals surface area contributed by atoms with Gasteiger partial charge in [0.1, 0.15) is 6.54 Å². The van der Waals surface area contributed by atoms with Gasteiger partial charge in [-0.15, -0.1) is 0 Å². The van der Waals surface area contributed by atoms with Crippen molar-refractivity contribution < 1.29 is 14.3 Å². The lowest BCUT2D eigenvalue weighted by atomic mass is 9.93. The highest BCUT2D eigenvalue weighted by Gasteiger charge is 2.23. The van der Waals surface area contributed by atoms with E-state index in [1.54, 1.807) is 11.8 Å². The second-order valence-corrected chi connectivity index (χ2v) is 5.86. The zero-order valence-corrected chi connectivity index (χ0v) is 13.5. The molecule has 2 N–H and O–H groups in total. The molecule has 5 nitrogen and oxygen atoms in total. The molecule has 0 fully saturated rings. The third-order valence-corrected chi connectivity index (χ3v) is 3.15. The molecule has 0 bridgehead atoms. The molecule has 0 aromatic rings. The van der Waals surface area contributed by atoms with E-state index in [1.165, 1.54) is 0 Å². The lowest BCUT2D eigenvalue weighted by molar-refractivity contribution is -0.150. The summed E-state index contributed by atoms with van der Waals surface area (Å²) in [5.74, 6) is 0.298. The molecule has 1 atom stereocenters. The zero-order valence-electron chi connectivity index (χ0n) is 13.5. The molecule has 0 aromatic heterocycles. The molecule has 0 radical (unpaired) electrons. The Kier molecular flexibility index (Phi) is 9.21. The molecule has 0 saturated carbocycles. The van der Waals surface area contributed by atoms with Gasteiger partial charge in [0.15, 0.2) is 0 Å². The Balaban J connectivity index is 4.59. The fourth-order valence-corrected chi connectivity index (χ4v) is 2.20. The predicted octanol–water partition coefficient (Wildman–Crippen LogP) is 1.80. The molecule has 118 valence electrons. The SMILES string of the molecule is CCOC(=O)CN(C(=O)C[C@@H](CN)CC(C)C)C(C)C. The molecule has 5 heteroatoms. The first-order valence-electron chi connectivity index (χ1n) is 7.46. The van der Waals surface area contributed by atoms with Gasteiger partial charge in [-0.05, 0) is 45.6 Å². The van der Waals surface area contributed by atoms with E-state index < -0.39 is 0 Å². The van der Waals surface area contributed by atoms with Crippen LogP contribution in [0.2, 0.25) is 0 Å². The summed E-state index contributed by atoms with van der Waals surface area (Å²) in [5, 5.41) is 0. The maximum Gasteiger partial charge on any atom is 0.325 e. The van der Waals surface area contributed by atoms with Gasteiger partial charge in [0, 0.05) is 12.5 Å². The second kappa shape index (κ2) is 9.75. The van der Waals surface area contributed by atoms with Crippen molar-refractivity contribution in [2.24, 2.45) is 17.6 Å². The average Bonchev–Trinajstić information content (AvgIpc) is 2.34. The third-order valence-electron chi connectivity index (χ3n) is 3.15. The highest BCUT2D eigenvalue weighted by Crippen LogP contribution is 2.16. The third kappa shape index (κ3) is 7.48. The van der Waals surface area contributed by atoms with Crippen LogP contribution < -0.4 is 5.73 Å². The molecule has 0 saturated heterocycles. The smallest absolute Gasteiger partial charge is 0.325 e. The molecule has 20 heavy (non-hydrogen) atoms. The molecule has 0 aliphatic heterocycles. The van der Waals surface area contributed by atoms with Crippen LogP contribution in [-0.4, -0.2) is 42.5 Å². The number of ether oxygens (including phenoxy) is 1. The van der Waals surface area contributed by atoms with Crippen LogP contribution in [0.1, 0.15) is 47.5 Å². The fourth-order valence-electron chi connectivity index (χ4n) is 2.20. The van der Waals surface area contributed by atoms with E-state index in [-0.39, 0.29) is 30.4 Å². The van der Waals surface area contributed by atoms with Crippen molar-refractivity contribution in [3.05, 3.63) is 0 Å². The molecule has 1 amide bonds. The lowest BCUT2D eigenvalue weighted by Gasteiger charge is -2.28. The van der Waals surface area contributed by atoms with Gasteiger partial charge < -0.3 is 15.4 Å². The molecule has 0 aliphatic carbocycles. The summed E-state index contributed by atoms with van der Waals surface area (Å²) in [4.78, 5) is 25.5. The van der Waals surface area contributed by atoms with Crippen molar-refractivity contribution in [1.29, 1.82) is 0 Å². The van der Waals surface area contributed by atoms with Crippen LogP contribution in [0.3, 0.4) is 0 Å². The Labute approximate surface area is 122 Å². The van der Waals surface area contributed by atoms with Gasteiger partial charge in [0.2, 0.25) is 5.91 Å². The number of esters is 1. The van der Waals surface area contributed by atoms with Gasteiger partial charge >= 0.3 is 5.97 Å². The summed E-state index contributed by atoms with van der Waals surface area (Å²) in [7, 11) is 0. The van der Waals surface area contributed by atoms with Gasteiger partial charge in [-0.25, -0.2) is 0 Å². The summed E-state index contributed by atoms with van der Waals surface area (Å²) in [6.07, 6.45) is 1.32. The second-order valence-electron chi connectivity index (χ2n) is 5.86. The van der Waals surface area contributed by atoms with E-state index >= 15 is 0 Å². The van der Waals surface area contributed by atoms with Gasteiger partial charge in [-0.2, -0.15) is 0 Å². The van der Waals surface area contributed by atoms with E-state index in [2.05, 4.69) is 13.8 Å². The van der Waals surface area contributed by atoms with Crippen LogP contribution in [-0.2, 0) is 14.3 Å². The highest BCUT2D eigenvalue weighted by molar-refractivity contribution is 5.82. The molecule has 0 heterocycles. The van der Waals surface area contributed by atoms with E-state index in [9.17, 15) is 9.59 Å². The van der Waals surface area contributed by atoms with E-state index in [0.29, 0.717) is 25.5 Å². The van der Waals surface area contributed by atoms with E-state index in [4.69, 9.17) is 10.5 Å². The van der Waals surface area contributed by atoms with Crippen LogP contribution in [0.4, 0.5) is 0 Å². The van der Waals surface area contributed by atoms with Crippen molar-refractivity contribution in [3.8, 4) is 0 Å². The number of rotatable bonds is 9. The number of hydrogen-bond donors (Lipinski definition) is 1. The van der Waals surface area contributed by atoms with Crippen molar-refractivity contribution >= 4 is 11.9 Å². The number of carbonyl (C=O) groups excluding carboxylic acids is 2. The fraction of sp³-hybridized carbons (Fsp3) is 0.867. The Morgan fingerprint density at radius 3 is 2.20 bits per heavy atom. The minimum Gasteiger partial charge on any atom is -0.465 e. The maximum atomic E-state index is 12.3. The molecule has 0 spiro atoms. The Hall–Kier alpha value is -1.10. The molecular weight excluding hydrogens is 256 g/mol. The van der Waals surface area contributed by atoms with Crippen LogP contribution in [0, 0.1) is 11.8 Å². The minimum atomic E-state index is -0.359. The Morgan fingerprint density at radius 2 is 1.80 bits per heavy atom. The number of nitrogens with zero attached hydrogens (tertiary/aromatic N) is 1. The number of hydrogen-bond acceptors (Lipinski definition) is 4. The highest BCUT2D eigenvalue weighted by atomic mass is 16.5. The summed E-state index contributed by atoms with van der Waals surface area (Å²) >= 11 is 0.